The van der Waals surface area contributed by atoms with Gasteiger partial charge in [0.2, 0.25) is 5.91 Å². The van der Waals surface area contributed by atoms with E-state index in [0.717, 1.165) is 38.5 Å². The maximum atomic E-state index is 12.6. The molecule has 0 heterocycles. The number of unbranched alkanes of at least 4 members (excludes halogenated alkanes) is 28. The molecular weight excluding hydrogens is 695 g/mol. The predicted octanol–water partition coefficient (Wildman–Crippen LogP) is 12.7. The summed E-state index contributed by atoms with van der Waals surface area (Å²) in [5.41, 5.74) is 0. The van der Waals surface area contributed by atoms with Crippen LogP contribution >= 0.6 is 0 Å². The third-order valence-electron chi connectivity index (χ3n) is 10.4. The van der Waals surface area contributed by atoms with Gasteiger partial charge in [0.25, 0.3) is 10.1 Å². The number of amides is 1. The van der Waals surface area contributed by atoms with Crippen LogP contribution in [0.5, 0.6) is 0 Å². The summed E-state index contributed by atoms with van der Waals surface area (Å²) in [6.07, 6.45) is 49.2. The Balaban J connectivity index is 4.02. The van der Waals surface area contributed by atoms with Gasteiger partial charge in [-0.2, -0.15) is 8.42 Å². The summed E-state index contributed by atoms with van der Waals surface area (Å²) >= 11 is 0. The molecule has 54 heavy (non-hydrogen) atoms. The fraction of sp³-hybridized carbons (Fsp3) is 0.848. The van der Waals surface area contributed by atoms with Gasteiger partial charge < -0.3 is 15.5 Å². The molecule has 4 N–H and O–H groups in total. The minimum atomic E-state index is -4.46. The number of aliphatic hydroxyl groups is 2. The molecule has 318 valence electrons. The van der Waals surface area contributed by atoms with Crippen molar-refractivity contribution in [2.24, 2.45) is 0 Å². The summed E-state index contributed by atoms with van der Waals surface area (Å²) in [6, 6.07) is -1.25. The first-order chi connectivity index (χ1) is 26.2. The average molecular weight is 782 g/mol. The molecule has 0 rings (SSSR count). The van der Waals surface area contributed by atoms with Crippen LogP contribution in [-0.4, -0.2) is 53.1 Å². The highest BCUT2D eigenvalue weighted by molar-refractivity contribution is 7.85. The van der Waals surface area contributed by atoms with Crippen molar-refractivity contribution in [3.05, 3.63) is 36.5 Å². The number of nitrogens with one attached hydrogen (secondary N) is 1. The van der Waals surface area contributed by atoms with E-state index >= 15 is 0 Å². The molecule has 0 aromatic carbocycles. The van der Waals surface area contributed by atoms with Gasteiger partial charge in [0.15, 0.2) is 0 Å². The van der Waals surface area contributed by atoms with Gasteiger partial charge in [0.05, 0.1) is 17.9 Å². The Kier molecular flexibility index (Phi) is 38.7. The average Bonchev–Trinajstić information content (AvgIpc) is 3.14. The van der Waals surface area contributed by atoms with Crippen LogP contribution in [0.25, 0.3) is 0 Å². The molecular formula is C46H87NO6S. The second-order valence-electron chi connectivity index (χ2n) is 15.8. The highest BCUT2D eigenvalue weighted by Crippen LogP contribution is 2.15. The van der Waals surface area contributed by atoms with Crippen LogP contribution in [0.1, 0.15) is 226 Å². The van der Waals surface area contributed by atoms with E-state index in [9.17, 15) is 28.0 Å². The molecule has 0 aliphatic carbocycles. The van der Waals surface area contributed by atoms with E-state index in [4.69, 9.17) is 0 Å². The van der Waals surface area contributed by atoms with Gasteiger partial charge >= 0.3 is 0 Å². The Bertz CT molecular complexity index is 1010. The molecule has 8 heteroatoms. The van der Waals surface area contributed by atoms with Gasteiger partial charge in [-0.15, -0.1) is 0 Å². The number of rotatable bonds is 41. The van der Waals surface area contributed by atoms with Gasteiger partial charge in [0, 0.05) is 0 Å². The summed E-state index contributed by atoms with van der Waals surface area (Å²) in [4.78, 5) is 12.6. The van der Waals surface area contributed by atoms with Gasteiger partial charge in [0.1, 0.15) is 6.10 Å². The summed E-state index contributed by atoms with van der Waals surface area (Å²) in [7, 11) is -4.46. The second-order valence-corrected chi connectivity index (χ2v) is 17.3. The van der Waals surface area contributed by atoms with Gasteiger partial charge in [-0.05, 0) is 57.8 Å². The first kappa shape index (κ1) is 52.5. The van der Waals surface area contributed by atoms with Crippen LogP contribution in [0.2, 0.25) is 0 Å². The van der Waals surface area contributed by atoms with Crippen LogP contribution in [0, 0.1) is 0 Å². The van der Waals surface area contributed by atoms with E-state index in [-0.39, 0.29) is 6.42 Å². The molecule has 0 fully saturated rings. The third kappa shape index (κ3) is 38.8. The second kappa shape index (κ2) is 39.7. The molecule has 1 amide bonds. The lowest BCUT2D eigenvalue weighted by molar-refractivity contribution is -0.130. The SMILES string of the molecule is CCCCCCCCCCC/C=C\CCCCCCCCC(O)C(=O)NC(CS(=O)(=O)O)C(O)/C=C/CC/C=C/CCCCCCCCCCCCCC. The summed E-state index contributed by atoms with van der Waals surface area (Å²) in [5.74, 6) is -1.56. The Labute approximate surface area is 334 Å². The number of hydrogen-bond acceptors (Lipinski definition) is 5. The molecule has 0 aliphatic heterocycles. The van der Waals surface area contributed by atoms with Crippen molar-refractivity contribution >= 4 is 16.0 Å². The van der Waals surface area contributed by atoms with E-state index in [2.05, 4.69) is 43.5 Å². The zero-order valence-electron chi connectivity index (χ0n) is 35.2. The smallest absolute Gasteiger partial charge is 0.267 e. The summed E-state index contributed by atoms with van der Waals surface area (Å²) < 4.78 is 32.6. The van der Waals surface area contributed by atoms with Crippen LogP contribution in [-0.2, 0) is 14.9 Å². The topological polar surface area (TPSA) is 124 Å². The number of carbonyl (C=O) groups is 1. The van der Waals surface area contributed by atoms with Gasteiger partial charge in [-0.25, -0.2) is 0 Å². The molecule has 3 unspecified atom stereocenters. The van der Waals surface area contributed by atoms with Crippen LogP contribution in [0.3, 0.4) is 0 Å². The molecule has 7 nitrogen and oxygen atoms in total. The first-order valence-corrected chi connectivity index (χ1v) is 24.4. The third-order valence-corrected chi connectivity index (χ3v) is 11.2. The van der Waals surface area contributed by atoms with Crippen molar-refractivity contribution in [2.45, 2.75) is 244 Å². The lowest BCUT2D eigenvalue weighted by atomic mass is 10.0. The Morgan fingerprint density at radius 3 is 1.22 bits per heavy atom. The highest BCUT2D eigenvalue weighted by atomic mass is 32.2. The summed E-state index contributed by atoms with van der Waals surface area (Å²) in [5, 5.41) is 23.4. The van der Waals surface area contributed by atoms with Crippen molar-refractivity contribution in [3.8, 4) is 0 Å². The van der Waals surface area contributed by atoms with Gasteiger partial charge in [-0.1, -0.05) is 204 Å². The van der Waals surface area contributed by atoms with Crippen LogP contribution in [0.15, 0.2) is 36.5 Å². The van der Waals surface area contributed by atoms with Crippen molar-refractivity contribution < 1.29 is 28.0 Å². The molecule has 0 aromatic heterocycles. The standard InChI is InChI=1S/C46H87NO6S/c1-3-5-7-9-11-13-15-17-19-21-23-25-27-29-31-33-35-37-39-41-45(49)46(50)47-43(42-54(51,52)53)44(48)40-38-36-34-32-30-28-26-24-22-20-18-16-14-12-10-8-6-4-2/h23,25,30,32,38,40,43-45,48-49H,3-22,24,26-29,31,33-37,39,41-42H2,1-2H3,(H,47,50)(H,51,52,53)/b25-23-,32-30+,40-38+. The van der Waals surface area contributed by atoms with Crippen molar-refractivity contribution in [3.63, 3.8) is 0 Å². The molecule has 0 radical (unpaired) electrons. The zero-order chi connectivity index (χ0) is 39.8. The minimum Gasteiger partial charge on any atom is -0.387 e. The maximum absolute atomic E-state index is 12.6. The number of aliphatic hydroxyl groups excluding tert-OH is 2. The predicted molar refractivity (Wildman–Crippen MR) is 231 cm³/mol. The molecule has 0 saturated heterocycles. The lowest BCUT2D eigenvalue weighted by Crippen LogP contribution is -2.50. The van der Waals surface area contributed by atoms with E-state index in [1.165, 1.54) is 160 Å². The number of hydrogen-bond donors (Lipinski definition) is 4. The van der Waals surface area contributed by atoms with E-state index in [1.54, 1.807) is 6.08 Å². The Morgan fingerprint density at radius 1 is 0.500 bits per heavy atom. The molecule has 0 bridgehead atoms. The fourth-order valence-electron chi connectivity index (χ4n) is 6.88. The number of carbonyl (C=O) groups excluding carboxylic acids is 1. The summed E-state index contributed by atoms with van der Waals surface area (Å²) in [6.45, 7) is 4.53. The Hall–Kier alpha value is -1.48. The molecule has 0 spiro atoms. The zero-order valence-corrected chi connectivity index (χ0v) is 36.0. The van der Waals surface area contributed by atoms with Crippen molar-refractivity contribution in [1.82, 2.24) is 5.32 Å². The maximum Gasteiger partial charge on any atom is 0.267 e. The molecule has 0 aromatic rings. The van der Waals surface area contributed by atoms with E-state index in [1.807, 2.05) is 0 Å². The highest BCUT2D eigenvalue weighted by Gasteiger charge is 2.27. The number of allylic oxidation sites excluding steroid dienone is 5. The van der Waals surface area contributed by atoms with E-state index in [0.29, 0.717) is 12.8 Å². The van der Waals surface area contributed by atoms with Crippen molar-refractivity contribution in [1.29, 1.82) is 0 Å². The molecule has 0 aliphatic rings. The normalized spacial score (nSPS) is 14.1. The largest absolute Gasteiger partial charge is 0.387 e. The van der Waals surface area contributed by atoms with Gasteiger partial charge in [-0.3, -0.25) is 9.35 Å². The van der Waals surface area contributed by atoms with E-state index < -0.39 is 40.0 Å². The molecule has 3 atom stereocenters. The first-order valence-electron chi connectivity index (χ1n) is 22.8. The molecule has 0 saturated carbocycles. The fourth-order valence-corrected chi connectivity index (χ4v) is 7.61. The Morgan fingerprint density at radius 2 is 0.833 bits per heavy atom. The van der Waals surface area contributed by atoms with Crippen LogP contribution in [0.4, 0.5) is 0 Å². The quantitative estimate of drug-likeness (QED) is 0.0278. The monoisotopic (exact) mass is 782 g/mol. The van der Waals surface area contributed by atoms with Crippen molar-refractivity contribution in [2.75, 3.05) is 5.75 Å². The minimum absolute atomic E-state index is 0.267. The van der Waals surface area contributed by atoms with Crippen LogP contribution < -0.4 is 5.32 Å². The lowest BCUT2D eigenvalue weighted by Gasteiger charge is -2.22.